The maximum atomic E-state index is 12.4. The number of esters is 1. The number of aromatic nitrogens is 2. The Balaban J connectivity index is 1.29. The van der Waals surface area contributed by atoms with E-state index >= 15 is 0 Å². The smallest absolute Gasteiger partial charge is 0.325 e. The molecule has 0 fully saturated rings. The third-order valence-corrected chi connectivity index (χ3v) is 7.98. The topological polar surface area (TPSA) is 158 Å². The second-order valence-corrected chi connectivity index (χ2v) is 11.0. The molecule has 0 spiro atoms. The molecule has 0 radical (unpaired) electrons. The number of nitrogens with zero attached hydrogens (tertiary/aromatic N) is 3. The number of carbonyl (C=O) groups is 1. The van der Waals surface area contributed by atoms with Crippen molar-refractivity contribution in [2.75, 3.05) is 26.4 Å². The predicted octanol–water partition coefficient (Wildman–Crippen LogP) is 5.01. The van der Waals surface area contributed by atoms with Crippen LogP contribution in [0, 0.1) is 18.3 Å². The molecule has 0 amide bonds. The molecule has 0 bridgehead atoms. The minimum atomic E-state index is -0.972. The first-order valence-electron chi connectivity index (χ1n) is 15.5. The molecule has 4 aromatic carbocycles. The average Bonchev–Trinajstić information content (AvgIpc) is 3.61. The van der Waals surface area contributed by atoms with Gasteiger partial charge in [-0.1, -0.05) is 36.4 Å². The minimum absolute atomic E-state index is 0.0687. The summed E-state index contributed by atoms with van der Waals surface area (Å²) < 4.78 is 34.3. The van der Waals surface area contributed by atoms with Crippen molar-refractivity contribution < 1.29 is 38.2 Å². The van der Waals surface area contributed by atoms with E-state index in [9.17, 15) is 15.2 Å². The first-order chi connectivity index (χ1) is 23.5. The fourth-order valence-electron chi connectivity index (χ4n) is 5.45. The van der Waals surface area contributed by atoms with Crippen molar-refractivity contribution in [3.63, 3.8) is 0 Å². The molecule has 0 saturated carbocycles. The number of carbonyl (C=O) groups excluding carboxylic acids is 1. The molecule has 12 nitrogen and oxygen atoms in total. The van der Waals surface area contributed by atoms with Gasteiger partial charge in [-0.2, -0.15) is 5.26 Å². The van der Waals surface area contributed by atoms with E-state index in [0.29, 0.717) is 46.9 Å². The van der Waals surface area contributed by atoms with Gasteiger partial charge in [-0.25, -0.2) is 4.63 Å². The third kappa shape index (κ3) is 7.02. The minimum Gasteiger partial charge on any atom is -0.488 e. The molecule has 0 aliphatic carbocycles. The number of aliphatic hydroxyl groups is 1. The van der Waals surface area contributed by atoms with Gasteiger partial charge in [-0.15, -0.1) is 0 Å². The number of rotatable bonds is 13. The quantitative estimate of drug-likeness (QED) is 0.164. The molecule has 1 aliphatic rings. The standard InChI is InChI=1S/C36H34N4O8/c1-3-43-36(42)29(19-41)38-18-28-31(46-20-24-7-4-6-23(14-24)17-37)16-33(35-34(28)39-48-40-35)47-21-26-8-5-9-27(22(26)2)25-10-11-30-32(15-25)45-13-12-44-30/h4-11,14-16,29,38,41H,3,12-13,18-21H2,1-2H3. The van der Waals surface area contributed by atoms with E-state index in [1.807, 2.05) is 43.3 Å². The predicted molar refractivity (Wildman–Crippen MR) is 174 cm³/mol. The van der Waals surface area contributed by atoms with Crippen molar-refractivity contribution in [3.05, 3.63) is 94.5 Å². The number of fused-ring (bicyclic) bond motifs is 2. The molecule has 2 N–H and O–H groups in total. The van der Waals surface area contributed by atoms with E-state index in [1.165, 1.54) is 0 Å². The van der Waals surface area contributed by atoms with Crippen molar-refractivity contribution in [2.45, 2.75) is 39.6 Å². The highest BCUT2D eigenvalue weighted by atomic mass is 16.6. The second kappa shape index (κ2) is 14.8. The van der Waals surface area contributed by atoms with Gasteiger partial charge >= 0.3 is 5.97 Å². The van der Waals surface area contributed by atoms with Crippen LogP contribution in [-0.4, -0.2) is 53.9 Å². The Morgan fingerprint density at radius 2 is 1.77 bits per heavy atom. The van der Waals surface area contributed by atoms with Crippen LogP contribution in [0.4, 0.5) is 0 Å². The number of ether oxygens (including phenoxy) is 5. The molecule has 1 aromatic heterocycles. The van der Waals surface area contributed by atoms with E-state index in [1.54, 1.807) is 31.2 Å². The van der Waals surface area contributed by atoms with Gasteiger partial charge in [0.15, 0.2) is 22.8 Å². The molecule has 12 heteroatoms. The maximum absolute atomic E-state index is 12.4. The number of nitrogens with one attached hydrogen (secondary N) is 1. The zero-order valence-electron chi connectivity index (χ0n) is 26.5. The van der Waals surface area contributed by atoms with Gasteiger partial charge in [0.2, 0.25) is 0 Å². The van der Waals surface area contributed by atoms with E-state index in [-0.39, 0.29) is 26.4 Å². The number of benzene rings is 4. The van der Waals surface area contributed by atoms with Crippen LogP contribution in [-0.2, 0) is 29.3 Å². The SMILES string of the molecule is CCOC(=O)C(CO)NCc1c(OCc2cccc(C#N)c2)cc(OCc2cccc(-c3ccc4c(c3)OCCO4)c2C)c2nonc12. The Morgan fingerprint density at radius 1 is 0.979 bits per heavy atom. The number of aliphatic hydroxyl groups excluding tert-OH is 1. The van der Waals surface area contributed by atoms with Crippen molar-refractivity contribution in [1.29, 1.82) is 5.26 Å². The molecule has 1 unspecified atom stereocenters. The van der Waals surface area contributed by atoms with Crippen LogP contribution >= 0.6 is 0 Å². The molecule has 1 atom stereocenters. The number of nitriles is 1. The Labute approximate surface area is 276 Å². The summed E-state index contributed by atoms with van der Waals surface area (Å²) in [4.78, 5) is 12.4. The third-order valence-electron chi connectivity index (χ3n) is 7.98. The highest BCUT2D eigenvalue weighted by molar-refractivity contribution is 5.86. The van der Waals surface area contributed by atoms with Crippen LogP contribution in [0.15, 0.2) is 71.4 Å². The molecule has 246 valence electrons. The van der Waals surface area contributed by atoms with Crippen molar-refractivity contribution in [3.8, 4) is 40.2 Å². The lowest BCUT2D eigenvalue weighted by atomic mass is 9.96. The fraction of sp³-hybridized carbons (Fsp3) is 0.278. The molecule has 0 saturated heterocycles. The van der Waals surface area contributed by atoms with Gasteiger partial charge in [0, 0.05) is 18.2 Å². The first kappa shape index (κ1) is 32.3. The Kier molecular flexibility index (Phi) is 9.99. The summed E-state index contributed by atoms with van der Waals surface area (Å²) in [6.45, 7) is 4.89. The van der Waals surface area contributed by atoms with Crippen LogP contribution in [0.2, 0.25) is 0 Å². The molecule has 6 rings (SSSR count). The monoisotopic (exact) mass is 650 g/mol. The molecular weight excluding hydrogens is 616 g/mol. The van der Waals surface area contributed by atoms with Gasteiger partial charge in [-0.05, 0) is 76.2 Å². The van der Waals surface area contributed by atoms with Crippen LogP contribution in [0.25, 0.3) is 22.2 Å². The summed E-state index contributed by atoms with van der Waals surface area (Å²) >= 11 is 0. The number of hydrogen-bond acceptors (Lipinski definition) is 12. The van der Waals surface area contributed by atoms with E-state index < -0.39 is 18.6 Å². The summed E-state index contributed by atoms with van der Waals surface area (Å²) in [5.74, 6) is 1.64. The molecule has 48 heavy (non-hydrogen) atoms. The van der Waals surface area contributed by atoms with Crippen LogP contribution < -0.4 is 24.3 Å². The lowest BCUT2D eigenvalue weighted by molar-refractivity contribution is -0.146. The molecule has 5 aromatic rings. The summed E-state index contributed by atoms with van der Waals surface area (Å²) in [6.07, 6.45) is 0. The molecule has 2 heterocycles. The van der Waals surface area contributed by atoms with E-state index in [4.69, 9.17) is 28.3 Å². The summed E-state index contributed by atoms with van der Waals surface area (Å²) in [7, 11) is 0. The van der Waals surface area contributed by atoms with Gasteiger partial charge in [-0.3, -0.25) is 10.1 Å². The average molecular weight is 651 g/mol. The van der Waals surface area contributed by atoms with E-state index in [2.05, 4.69) is 27.8 Å². The largest absolute Gasteiger partial charge is 0.488 e. The molecular formula is C36H34N4O8. The second-order valence-electron chi connectivity index (χ2n) is 11.0. The summed E-state index contributed by atoms with van der Waals surface area (Å²) in [6, 6.07) is 21.9. The fourth-order valence-corrected chi connectivity index (χ4v) is 5.45. The maximum Gasteiger partial charge on any atom is 0.325 e. The van der Waals surface area contributed by atoms with Crippen LogP contribution in [0.3, 0.4) is 0 Å². The van der Waals surface area contributed by atoms with E-state index in [0.717, 1.165) is 39.3 Å². The Morgan fingerprint density at radius 3 is 2.58 bits per heavy atom. The van der Waals surface area contributed by atoms with Gasteiger partial charge in [0.05, 0.1) is 24.8 Å². The Hall–Kier alpha value is -5.64. The zero-order chi connectivity index (χ0) is 33.5. The number of hydrogen-bond donors (Lipinski definition) is 2. The van der Waals surface area contributed by atoms with Crippen LogP contribution in [0.1, 0.15) is 34.7 Å². The van der Waals surface area contributed by atoms with Crippen LogP contribution in [0.5, 0.6) is 23.0 Å². The Bertz CT molecular complexity index is 1970. The highest BCUT2D eigenvalue weighted by Gasteiger charge is 2.24. The first-order valence-corrected chi connectivity index (χ1v) is 15.5. The summed E-state index contributed by atoms with van der Waals surface area (Å²) in [5, 5.41) is 30.5. The summed E-state index contributed by atoms with van der Waals surface area (Å²) in [5.41, 5.74) is 6.57. The van der Waals surface area contributed by atoms with Crippen molar-refractivity contribution in [1.82, 2.24) is 15.6 Å². The molecule has 1 aliphatic heterocycles. The zero-order valence-corrected chi connectivity index (χ0v) is 26.5. The van der Waals surface area contributed by atoms with Crippen molar-refractivity contribution in [2.24, 2.45) is 0 Å². The lowest BCUT2D eigenvalue weighted by Crippen LogP contribution is -2.40. The van der Waals surface area contributed by atoms with Gasteiger partial charge in [0.1, 0.15) is 43.7 Å². The normalized spacial score (nSPS) is 12.7. The van der Waals surface area contributed by atoms with Gasteiger partial charge in [0.25, 0.3) is 0 Å². The highest BCUT2D eigenvalue weighted by Crippen LogP contribution is 2.38. The van der Waals surface area contributed by atoms with Gasteiger partial charge < -0.3 is 28.8 Å². The lowest BCUT2D eigenvalue weighted by Gasteiger charge is -2.20. The van der Waals surface area contributed by atoms with Crippen molar-refractivity contribution >= 4 is 17.0 Å².